The molecule has 1 aromatic carbocycles. The van der Waals surface area contributed by atoms with Gasteiger partial charge in [-0.15, -0.1) is 0 Å². The second-order valence-corrected chi connectivity index (χ2v) is 6.26. The van der Waals surface area contributed by atoms with Crippen molar-refractivity contribution in [2.45, 2.75) is 19.4 Å². The zero-order valence-electron chi connectivity index (χ0n) is 11.9. The first-order valence-corrected chi connectivity index (χ1v) is 8.00. The Kier molecular flexibility index (Phi) is 5.64. The molecule has 0 radical (unpaired) electrons. The van der Waals surface area contributed by atoms with E-state index in [4.69, 9.17) is 9.84 Å². The van der Waals surface area contributed by atoms with Gasteiger partial charge in [-0.1, -0.05) is 0 Å². The summed E-state index contributed by atoms with van der Waals surface area (Å²) in [5, 5.41) is 12.0. The number of methoxy groups -OCH3 is 1. The van der Waals surface area contributed by atoms with Crippen LogP contribution < -0.4 is 5.32 Å². The first-order chi connectivity index (χ1) is 10.1. The largest absolute Gasteiger partial charge is 0.478 e. The van der Waals surface area contributed by atoms with E-state index in [0.717, 1.165) is 29.9 Å². The molecule has 1 aliphatic heterocycles. The van der Waals surface area contributed by atoms with Gasteiger partial charge in [-0.25, -0.2) is 4.79 Å². The molecule has 0 atom stereocenters. The molecule has 1 heterocycles. The molecule has 1 fully saturated rings. The first kappa shape index (κ1) is 15.9. The molecule has 2 rings (SSSR count). The smallest absolute Gasteiger partial charge is 0.335 e. The van der Waals surface area contributed by atoms with Crippen LogP contribution in [0.5, 0.6) is 0 Å². The number of hydrogen-bond acceptors (Lipinski definition) is 4. The number of benzene rings is 1. The van der Waals surface area contributed by atoms with E-state index in [-0.39, 0.29) is 17.4 Å². The third-order valence-corrected chi connectivity index (χ3v) is 4.46. The number of nitrogens with one attached hydrogen (secondary N) is 1. The predicted molar refractivity (Wildman–Crippen MR) is 82.8 cm³/mol. The van der Waals surface area contributed by atoms with Crippen LogP contribution in [0.3, 0.4) is 0 Å². The highest BCUT2D eigenvalue weighted by atomic mass is 32.2. The maximum atomic E-state index is 12.2. The van der Waals surface area contributed by atoms with Crippen LogP contribution in [0.15, 0.2) is 18.2 Å². The zero-order valence-corrected chi connectivity index (χ0v) is 12.7. The number of anilines is 1. The van der Waals surface area contributed by atoms with Crippen molar-refractivity contribution in [3.8, 4) is 0 Å². The van der Waals surface area contributed by atoms with E-state index < -0.39 is 5.97 Å². The number of amides is 1. The van der Waals surface area contributed by atoms with Crippen LogP contribution >= 0.6 is 11.8 Å². The van der Waals surface area contributed by atoms with Crippen molar-refractivity contribution in [2.75, 3.05) is 23.9 Å². The molecule has 114 valence electrons. The first-order valence-electron chi connectivity index (χ1n) is 6.85. The minimum absolute atomic E-state index is 0.0191. The third-order valence-electron chi connectivity index (χ3n) is 3.41. The van der Waals surface area contributed by atoms with Crippen LogP contribution in [0, 0.1) is 5.92 Å². The molecule has 0 bridgehead atoms. The summed E-state index contributed by atoms with van der Waals surface area (Å²) in [5.41, 5.74) is 1.40. The van der Waals surface area contributed by atoms with Crippen LogP contribution in [0.1, 0.15) is 28.8 Å². The Morgan fingerprint density at radius 3 is 2.67 bits per heavy atom. The molecular weight excluding hydrogens is 290 g/mol. The number of carbonyl (C=O) groups excluding carboxylic acids is 1. The maximum Gasteiger partial charge on any atom is 0.335 e. The van der Waals surface area contributed by atoms with Crippen molar-refractivity contribution >= 4 is 29.3 Å². The summed E-state index contributed by atoms with van der Waals surface area (Å²) >= 11 is 1.86. The Morgan fingerprint density at radius 1 is 1.33 bits per heavy atom. The number of ether oxygens (including phenoxy) is 1. The van der Waals surface area contributed by atoms with Crippen LogP contribution in [0.4, 0.5) is 5.69 Å². The highest BCUT2D eigenvalue weighted by Gasteiger charge is 2.21. The second-order valence-electron chi connectivity index (χ2n) is 5.03. The van der Waals surface area contributed by atoms with Crippen LogP contribution in [-0.2, 0) is 16.1 Å². The number of carboxylic acid groups (broad SMARTS) is 1. The Labute approximate surface area is 128 Å². The van der Waals surface area contributed by atoms with Gasteiger partial charge in [0.15, 0.2) is 0 Å². The lowest BCUT2D eigenvalue weighted by atomic mass is 10.0. The van der Waals surface area contributed by atoms with Crippen molar-refractivity contribution < 1.29 is 19.4 Å². The number of rotatable bonds is 5. The summed E-state index contributed by atoms with van der Waals surface area (Å²) in [6.07, 6.45) is 1.75. The Balaban J connectivity index is 2.13. The Bertz CT molecular complexity index is 526. The van der Waals surface area contributed by atoms with Crippen LogP contribution in [-0.4, -0.2) is 35.6 Å². The molecule has 6 heteroatoms. The Hall–Kier alpha value is -1.53. The monoisotopic (exact) mass is 309 g/mol. The maximum absolute atomic E-state index is 12.2. The quantitative estimate of drug-likeness (QED) is 0.874. The Morgan fingerprint density at radius 2 is 2.05 bits per heavy atom. The highest BCUT2D eigenvalue weighted by molar-refractivity contribution is 7.99. The summed E-state index contributed by atoms with van der Waals surface area (Å²) < 4.78 is 5.03. The zero-order chi connectivity index (χ0) is 15.2. The summed E-state index contributed by atoms with van der Waals surface area (Å²) in [6, 6.07) is 4.79. The van der Waals surface area contributed by atoms with Gasteiger partial charge in [-0.3, -0.25) is 4.79 Å². The topological polar surface area (TPSA) is 75.6 Å². The molecule has 1 aliphatic rings. The average molecular weight is 309 g/mol. The van der Waals surface area contributed by atoms with Crippen molar-refractivity contribution in [3.05, 3.63) is 29.3 Å². The van der Waals surface area contributed by atoms with E-state index in [1.54, 1.807) is 19.2 Å². The van der Waals surface area contributed by atoms with Gasteiger partial charge < -0.3 is 15.2 Å². The van der Waals surface area contributed by atoms with Gasteiger partial charge in [0.2, 0.25) is 5.91 Å². The highest BCUT2D eigenvalue weighted by Crippen LogP contribution is 2.24. The van der Waals surface area contributed by atoms with E-state index in [0.29, 0.717) is 12.3 Å². The van der Waals surface area contributed by atoms with E-state index >= 15 is 0 Å². The van der Waals surface area contributed by atoms with Gasteiger partial charge in [-0.05, 0) is 48.1 Å². The van der Waals surface area contributed by atoms with Gasteiger partial charge in [0.1, 0.15) is 0 Å². The fourth-order valence-electron chi connectivity index (χ4n) is 2.34. The predicted octanol–water partition coefficient (Wildman–Crippen LogP) is 2.61. The summed E-state index contributed by atoms with van der Waals surface area (Å²) in [7, 11) is 1.55. The molecule has 0 aromatic heterocycles. The molecule has 1 aromatic rings. The number of carbonyl (C=O) groups is 2. The lowest BCUT2D eigenvalue weighted by molar-refractivity contribution is -0.120. The van der Waals surface area contributed by atoms with Crippen molar-refractivity contribution in [3.63, 3.8) is 0 Å². The van der Waals surface area contributed by atoms with Gasteiger partial charge >= 0.3 is 5.97 Å². The number of hydrogen-bond donors (Lipinski definition) is 2. The number of aromatic carboxylic acids is 1. The second kappa shape index (κ2) is 7.47. The normalized spacial score (nSPS) is 15.7. The van der Waals surface area contributed by atoms with Gasteiger partial charge in [0.25, 0.3) is 0 Å². The lowest BCUT2D eigenvalue weighted by Gasteiger charge is -2.20. The van der Waals surface area contributed by atoms with E-state index in [1.807, 2.05) is 11.8 Å². The molecule has 5 nitrogen and oxygen atoms in total. The van der Waals surface area contributed by atoms with Crippen molar-refractivity contribution in [1.29, 1.82) is 0 Å². The minimum Gasteiger partial charge on any atom is -0.478 e. The summed E-state index contributed by atoms with van der Waals surface area (Å²) in [6.45, 7) is 0.310. The SMILES string of the molecule is COCc1cc(NC(=O)C2CCSCC2)cc(C(=O)O)c1. The van der Waals surface area contributed by atoms with E-state index in [9.17, 15) is 9.59 Å². The molecule has 0 unspecified atom stereocenters. The van der Waals surface area contributed by atoms with E-state index in [2.05, 4.69) is 5.32 Å². The van der Waals surface area contributed by atoms with Gasteiger partial charge in [0, 0.05) is 18.7 Å². The van der Waals surface area contributed by atoms with Crippen molar-refractivity contribution in [2.24, 2.45) is 5.92 Å². The van der Waals surface area contributed by atoms with Gasteiger partial charge in [0.05, 0.1) is 12.2 Å². The van der Waals surface area contributed by atoms with Crippen LogP contribution in [0.25, 0.3) is 0 Å². The molecular formula is C15H19NO4S. The van der Waals surface area contributed by atoms with Gasteiger partial charge in [-0.2, -0.15) is 11.8 Å². The molecule has 0 spiro atoms. The number of carboxylic acids is 1. The van der Waals surface area contributed by atoms with Crippen molar-refractivity contribution in [1.82, 2.24) is 0 Å². The molecule has 2 N–H and O–H groups in total. The standard InChI is InChI=1S/C15H19NO4S/c1-20-9-10-6-12(15(18)19)8-13(7-10)16-14(17)11-2-4-21-5-3-11/h6-8,11H,2-5,9H2,1H3,(H,16,17)(H,18,19). The molecule has 0 aliphatic carbocycles. The average Bonchev–Trinajstić information content (AvgIpc) is 2.48. The van der Waals surface area contributed by atoms with E-state index in [1.165, 1.54) is 6.07 Å². The molecule has 1 amide bonds. The molecule has 21 heavy (non-hydrogen) atoms. The lowest BCUT2D eigenvalue weighted by Crippen LogP contribution is -2.26. The number of thioether (sulfide) groups is 1. The molecule has 1 saturated heterocycles. The fraction of sp³-hybridized carbons (Fsp3) is 0.467. The fourth-order valence-corrected chi connectivity index (χ4v) is 3.45. The summed E-state index contributed by atoms with van der Waals surface area (Å²) in [4.78, 5) is 23.4. The third kappa shape index (κ3) is 4.47. The van der Waals surface area contributed by atoms with Crippen LogP contribution in [0.2, 0.25) is 0 Å². The minimum atomic E-state index is -1.02. The summed E-state index contributed by atoms with van der Waals surface area (Å²) in [5.74, 6) is 0.981. The molecule has 0 saturated carbocycles.